The number of hydrogen-bond acceptors (Lipinski definition) is 2. The van der Waals surface area contributed by atoms with Gasteiger partial charge < -0.3 is 10.2 Å². The van der Waals surface area contributed by atoms with Crippen LogP contribution in [0.2, 0.25) is 0 Å². The molecule has 1 saturated heterocycles. The summed E-state index contributed by atoms with van der Waals surface area (Å²) in [6.07, 6.45) is 0.460. The van der Waals surface area contributed by atoms with E-state index >= 15 is 0 Å². The van der Waals surface area contributed by atoms with E-state index in [1.54, 1.807) is 4.90 Å². The van der Waals surface area contributed by atoms with E-state index in [0.29, 0.717) is 13.0 Å². The highest BCUT2D eigenvalue weighted by Gasteiger charge is 2.34. The molecule has 25 heavy (non-hydrogen) atoms. The molecule has 4 nitrogen and oxygen atoms in total. The summed E-state index contributed by atoms with van der Waals surface area (Å²) < 4.78 is 26.2. The van der Waals surface area contributed by atoms with Gasteiger partial charge in [0.05, 0.1) is 0 Å². The number of rotatable bonds is 3. The summed E-state index contributed by atoms with van der Waals surface area (Å²) in [6, 6.07) is 8.09. The van der Waals surface area contributed by atoms with Crippen molar-refractivity contribution in [3.8, 4) is 0 Å². The number of nitrogens with one attached hydrogen (secondary N) is 1. The molecule has 0 aliphatic carbocycles. The van der Waals surface area contributed by atoms with E-state index in [0.717, 1.165) is 28.9 Å². The molecule has 1 heterocycles. The van der Waals surface area contributed by atoms with Gasteiger partial charge in [-0.1, -0.05) is 6.07 Å². The van der Waals surface area contributed by atoms with Gasteiger partial charge in [-0.05, 0) is 61.7 Å². The highest BCUT2D eigenvalue weighted by Crippen LogP contribution is 2.24. The number of amides is 2. The number of carbonyl (C=O) groups excluding carboxylic acids is 2. The molecule has 0 saturated carbocycles. The van der Waals surface area contributed by atoms with E-state index in [1.807, 2.05) is 32.0 Å². The van der Waals surface area contributed by atoms with Gasteiger partial charge in [0, 0.05) is 17.8 Å². The van der Waals surface area contributed by atoms with Crippen molar-refractivity contribution in [3.63, 3.8) is 0 Å². The van der Waals surface area contributed by atoms with Crippen molar-refractivity contribution in [3.05, 3.63) is 64.7 Å². The summed E-state index contributed by atoms with van der Waals surface area (Å²) in [7, 11) is 0. The molecule has 2 aromatic carbocycles. The lowest BCUT2D eigenvalue weighted by atomic mass is 10.1. The van der Waals surface area contributed by atoms with Crippen molar-refractivity contribution in [2.45, 2.75) is 26.3 Å². The predicted octanol–water partition coefficient (Wildman–Crippen LogP) is 3.12. The summed E-state index contributed by atoms with van der Waals surface area (Å²) in [6.45, 7) is 4.41. The maximum atomic E-state index is 13.3. The van der Waals surface area contributed by atoms with E-state index in [2.05, 4.69) is 5.32 Å². The fraction of sp³-hybridized carbons (Fsp3) is 0.263. The molecule has 1 aliphatic rings. The van der Waals surface area contributed by atoms with E-state index < -0.39 is 23.6 Å². The van der Waals surface area contributed by atoms with Gasteiger partial charge in [0.15, 0.2) is 11.6 Å². The maximum Gasteiger partial charge on any atom is 0.252 e. The average molecular weight is 344 g/mol. The fourth-order valence-corrected chi connectivity index (χ4v) is 3.06. The van der Waals surface area contributed by atoms with Crippen molar-refractivity contribution in [2.75, 3.05) is 11.4 Å². The van der Waals surface area contributed by atoms with Crippen LogP contribution in [0.4, 0.5) is 14.5 Å². The third-order valence-corrected chi connectivity index (χ3v) is 4.21. The highest BCUT2D eigenvalue weighted by molar-refractivity contribution is 6.04. The van der Waals surface area contributed by atoms with Crippen molar-refractivity contribution in [1.29, 1.82) is 0 Å². The van der Waals surface area contributed by atoms with Gasteiger partial charge in [-0.3, -0.25) is 9.59 Å². The van der Waals surface area contributed by atoms with Crippen LogP contribution in [0.3, 0.4) is 0 Å². The summed E-state index contributed by atoms with van der Waals surface area (Å²) in [4.78, 5) is 26.4. The zero-order valence-electron chi connectivity index (χ0n) is 14.0. The third kappa shape index (κ3) is 3.52. The number of nitrogens with zero attached hydrogens (tertiary/aromatic N) is 1. The van der Waals surface area contributed by atoms with Gasteiger partial charge in [-0.2, -0.15) is 0 Å². The first-order chi connectivity index (χ1) is 11.8. The average Bonchev–Trinajstić information content (AvgIpc) is 2.90. The number of benzene rings is 2. The Morgan fingerprint density at radius 3 is 2.40 bits per heavy atom. The summed E-state index contributed by atoms with van der Waals surface area (Å²) in [5.74, 6) is -2.92. The van der Waals surface area contributed by atoms with Crippen LogP contribution in [-0.2, 0) is 4.79 Å². The number of halogens is 2. The van der Waals surface area contributed by atoms with E-state index in [1.165, 1.54) is 6.07 Å². The number of aryl methyl sites for hydroxylation is 2. The lowest BCUT2D eigenvalue weighted by molar-refractivity contribution is -0.118. The molecule has 3 rings (SSSR count). The SMILES string of the molecule is Cc1cc(C)cc(N2CC[C@H](NC(=O)c3ccc(F)c(F)c3)C2=O)c1. The maximum absolute atomic E-state index is 13.3. The van der Waals surface area contributed by atoms with Crippen molar-refractivity contribution >= 4 is 17.5 Å². The van der Waals surface area contributed by atoms with Crippen LogP contribution in [0.5, 0.6) is 0 Å². The normalized spacial score (nSPS) is 17.0. The summed E-state index contributed by atoms with van der Waals surface area (Å²) in [5, 5.41) is 2.60. The Labute approximate surface area is 144 Å². The smallest absolute Gasteiger partial charge is 0.252 e. The zero-order chi connectivity index (χ0) is 18.1. The molecule has 0 unspecified atom stereocenters. The molecule has 130 valence electrons. The van der Waals surface area contributed by atoms with Gasteiger partial charge in [0.1, 0.15) is 6.04 Å². The number of anilines is 1. The van der Waals surface area contributed by atoms with E-state index in [-0.39, 0.29) is 11.5 Å². The van der Waals surface area contributed by atoms with Gasteiger partial charge in [0.2, 0.25) is 5.91 Å². The fourth-order valence-electron chi connectivity index (χ4n) is 3.06. The Kier molecular flexibility index (Phi) is 4.53. The van der Waals surface area contributed by atoms with Crippen LogP contribution in [-0.4, -0.2) is 24.4 Å². The topological polar surface area (TPSA) is 49.4 Å². The van der Waals surface area contributed by atoms with Crippen molar-refractivity contribution in [2.24, 2.45) is 0 Å². The highest BCUT2D eigenvalue weighted by atomic mass is 19.2. The second-order valence-electron chi connectivity index (χ2n) is 6.28. The second-order valence-corrected chi connectivity index (χ2v) is 6.28. The standard InChI is InChI=1S/C19H18F2N2O2/c1-11-7-12(2)9-14(8-11)23-6-5-17(19(23)25)22-18(24)13-3-4-15(20)16(21)10-13/h3-4,7-10,17H,5-6H2,1-2H3,(H,22,24)/t17-/m0/s1. The molecule has 2 aromatic rings. The van der Waals surface area contributed by atoms with Crippen LogP contribution in [0.1, 0.15) is 27.9 Å². The number of carbonyl (C=O) groups is 2. The lowest BCUT2D eigenvalue weighted by Crippen LogP contribution is -2.41. The van der Waals surface area contributed by atoms with Crippen LogP contribution in [0.15, 0.2) is 36.4 Å². The first-order valence-corrected chi connectivity index (χ1v) is 8.01. The minimum Gasteiger partial charge on any atom is -0.340 e. The van der Waals surface area contributed by atoms with Gasteiger partial charge in [0.25, 0.3) is 5.91 Å². The monoisotopic (exact) mass is 344 g/mol. The molecule has 2 amide bonds. The van der Waals surface area contributed by atoms with Gasteiger partial charge >= 0.3 is 0 Å². The van der Waals surface area contributed by atoms with Crippen LogP contribution in [0, 0.1) is 25.5 Å². The molecule has 0 bridgehead atoms. The van der Waals surface area contributed by atoms with Gasteiger partial charge in [-0.25, -0.2) is 8.78 Å². The Bertz CT molecular complexity index is 831. The quantitative estimate of drug-likeness (QED) is 0.930. The molecule has 0 radical (unpaired) electrons. The van der Waals surface area contributed by atoms with Crippen LogP contribution >= 0.6 is 0 Å². The molecule has 1 N–H and O–H groups in total. The molecule has 0 spiro atoms. The Balaban J connectivity index is 1.73. The number of hydrogen-bond donors (Lipinski definition) is 1. The van der Waals surface area contributed by atoms with E-state index in [4.69, 9.17) is 0 Å². The van der Waals surface area contributed by atoms with Crippen LogP contribution in [0.25, 0.3) is 0 Å². The first-order valence-electron chi connectivity index (χ1n) is 8.01. The molecule has 0 aromatic heterocycles. The molecular weight excluding hydrogens is 326 g/mol. The second kappa shape index (κ2) is 6.63. The molecule has 1 aliphatic heterocycles. The van der Waals surface area contributed by atoms with Crippen molar-refractivity contribution < 1.29 is 18.4 Å². The van der Waals surface area contributed by atoms with Crippen molar-refractivity contribution in [1.82, 2.24) is 5.32 Å². The Morgan fingerprint density at radius 1 is 1.08 bits per heavy atom. The summed E-state index contributed by atoms with van der Waals surface area (Å²) >= 11 is 0. The minimum atomic E-state index is -1.10. The van der Waals surface area contributed by atoms with Crippen LogP contribution < -0.4 is 10.2 Å². The summed E-state index contributed by atoms with van der Waals surface area (Å²) in [5.41, 5.74) is 2.89. The molecule has 6 heteroatoms. The molecular formula is C19H18F2N2O2. The lowest BCUT2D eigenvalue weighted by Gasteiger charge is -2.18. The van der Waals surface area contributed by atoms with E-state index in [9.17, 15) is 18.4 Å². The Morgan fingerprint density at radius 2 is 1.76 bits per heavy atom. The third-order valence-electron chi connectivity index (χ3n) is 4.21. The zero-order valence-corrected chi connectivity index (χ0v) is 14.0. The van der Waals surface area contributed by atoms with Gasteiger partial charge in [-0.15, -0.1) is 0 Å². The molecule has 1 fully saturated rings. The largest absolute Gasteiger partial charge is 0.340 e. The molecule has 1 atom stereocenters. The Hall–Kier alpha value is -2.76. The minimum absolute atomic E-state index is 0.0171. The first kappa shape index (κ1) is 17.1. The predicted molar refractivity (Wildman–Crippen MR) is 90.5 cm³/mol.